The van der Waals surface area contributed by atoms with E-state index in [0.717, 1.165) is 28.9 Å². The fourth-order valence-corrected chi connectivity index (χ4v) is 4.05. The quantitative estimate of drug-likeness (QED) is 0.170. The van der Waals surface area contributed by atoms with Gasteiger partial charge in [0.2, 0.25) is 0 Å². The number of nitrogens with two attached hydrogens (primary N) is 1. The molecule has 0 saturated carbocycles. The second kappa shape index (κ2) is 10.9. The molecule has 0 radical (unpaired) electrons. The molecule has 3 aromatic carbocycles. The number of nitrogens with one attached hydrogen (secondary N) is 3. The van der Waals surface area contributed by atoms with E-state index in [-0.39, 0.29) is 11.6 Å². The number of H-pyrrole nitrogens is 1. The highest BCUT2D eigenvalue weighted by atomic mass is 19.1. The van der Waals surface area contributed by atoms with Gasteiger partial charge < -0.3 is 25.5 Å². The molecule has 1 heterocycles. The Morgan fingerprint density at radius 2 is 1.86 bits per heavy atom. The fraction of sp³-hybridized carbons (Fsp3) is 0.214. The first-order valence-corrected chi connectivity index (χ1v) is 11.8. The second-order valence-corrected chi connectivity index (χ2v) is 8.23. The number of halogens is 1. The van der Waals surface area contributed by atoms with E-state index in [1.165, 1.54) is 0 Å². The number of benzene rings is 3. The van der Waals surface area contributed by atoms with E-state index in [4.69, 9.17) is 20.6 Å². The monoisotopic (exact) mass is 487 g/mol. The maximum absolute atomic E-state index is 15.8. The molecular weight excluding hydrogens is 457 g/mol. The fourth-order valence-electron chi connectivity index (χ4n) is 4.05. The molecule has 7 nitrogen and oxygen atoms in total. The van der Waals surface area contributed by atoms with Crippen LogP contribution in [0.15, 0.2) is 66.9 Å². The van der Waals surface area contributed by atoms with Crippen molar-refractivity contribution in [2.75, 3.05) is 19.0 Å². The Morgan fingerprint density at radius 3 is 2.53 bits per heavy atom. The summed E-state index contributed by atoms with van der Waals surface area (Å²) in [5.74, 6) is 0.980. The van der Waals surface area contributed by atoms with Crippen LogP contribution in [0.1, 0.15) is 42.4 Å². The van der Waals surface area contributed by atoms with E-state index >= 15 is 4.39 Å². The van der Waals surface area contributed by atoms with Crippen molar-refractivity contribution >= 4 is 11.5 Å². The standard InChI is InChI=1S/C28H30FN5O2/c1-4-17-14-21(25(29)24(15-17)36-5-2)26(33-19-12-10-18(11-13-19)27(30)31)28-32-16-22(34-28)20-8-6-7-9-23(20)35-3/h6-16,26,33H,4-5H2,1-3H3,(H3,30,31)(H,32,34). The van der Waals surface area contributed by atoms with Crippen LogP contribution in [0.2, 0.25) is 0 Å². The average Bonchev–Trinajstić information content (AvgIpc) is 3.39. The minimum Gasteiger partial charge on any atom is -0.496 e. The highest BCUT2D eigenvalue weighted by Crippen LogP contribution is 2.35. The maximum Gasteiger partial charge on any atom is 0.170 e. The van der Waals surface area contributed by atoms with Gasteiger partial charge >= 0.3 is 0 Å². The SMILES string of the molecule is CCOc1cc(CC)cc(C(Nc2ccc(C(=N)N)cc2)c2ncc(-c3ccccc3OC)[nH]2)c1F. The van der Waals surface area contributed by atoms with Crippen molar-refractivity contribution in [2.45, 2.75) is 26.3 Å². The molecule has 0 bridgehead atoms. The number of aromatic amines is 1. The third-order valence-electron chi connectivity index (χ3n) is 5.92. The lowest BCUT2D eigenvalue weighted by Gasteiger charge is -2.21. The van der Waals surface area contributed by atoms with E-state index in [2.05, 4.69) is 15.3 Å². The number of para-hydroxylation sites is 1. The highest BCUT2D eigenvalue weighted by molar-refractivity contribution is 5.95. The zero-order chi connectivity index (χ0) is 25.7. The topological polar surface area (TPSA) is 109 Å². The molecule has 1 aromatic heterocycles. The van der Waals surface area contributed by atoms with Crippen molar-refractivity contribution in [3.8, 4) is 22.8 Å². The Labute approximate surface area is 210 Å². The van der Waals surface area contributed by atoms with Crippen LogP contribution in [0.3, 0.4) is 0 Å². The summed E-state index contributed by atoms with van der Waals surface area (Å²) in [4.78, 5) is 7.98. The van der Waals surface area contributed by atoms with Gasteiger partial charge in [-0.2, -0.15) is 0 Å². The number of amidine groups is 1. The summed E-state index contributed by atoms with van der Waals surface area (Å²) in [5.41, 5.74) is 9.88. The predicted octanol–water partition coefficient (Wildman–Crippen LogP) is 5.67. The van der Waals surface area contributed by atoms with Crippen LogP contribution < -0.4 is 20.5 Å². The molecular formula is C28H30FN5O2. The van der Waals surface area contributed by atoms with Crippen molar-refractivity contribution < 1.29 is 13.9 Å². The first-order valence-electron chi connectivity index (χ1n) is 11.8. The summed E-state index contributed by atoms with van der Waals surface area (Å²) < 4.78 is 26.9. The van der Waals surface area contributed by atoms with E-state index in [1.54, 1.807) is 43.6 Å². The van der Waals surface area contributed by atoms with Crippen molar-refractivity contribution in [3.05, 3.63) is 95.2 Å². The van der Waals surface area contributed by atoms with Crippen LogP contribution in [0.5, 0.6) is 11.5 Å². The molecule has 4 rings (SSSR count). The van der Waals surface area contributed by atoms with E-state index < -0.39 is 11.9 Å². The number of methoxy groups -OCH3 is 1. The molecule has 4 aromatic rings. The number of ether oxygens (including phenoxy) is 2. The molecule has 0 amide bonds. The summed E-state index contributed by atoms with van der Waals surface area (Å²) in [5, 5.41) is 11.0. The lowest BCUT2D eigenvalue weighted by atomic mass is 10.00. The van der Waals surface area contributed by atoms with Crippen LogP contribution in [0, 0.1) is 11.2 Å². The van der Waals surface area contributed by atoms with Crippen molar-refractivity contribution in [1.82, 2.24) is 9.97 Å². The Bertz CT molecular complexity index is 1350. The molecule has 5 N–H and O–H groups in total. The van der Waals surface area contributed by atoms with Gasteiger partial charge in [0.05, 0.1) is 25.6 Å². The molecule has 0 saturated heterocycles. The number of nitrogen functional groups attached to an aromatic ring is 1. The van der Waals surface area contributed by atoms with Crippen LogP contribution in [-0.4, -0.2) is 29.5 Å². The molecule has 1 atom stereocenters. The summed E-state index contributed by atoms with van der Waals surface area (Å²) in [6, 6.07) is 17.7. The van der Waals surface area contributed by atoms with Gasteiger partial charge in [-0.05, 0) is 61.4 Å². The van der Waals surface area contributed by atoms with Gasteiger partial charge in [-0.3, -0.25) is 5.41 Å². The van der Waals surface area contributed by atoms with Gasteiger partial charge in [0, 0.05) is 22.4 Å². The van der Waals surface area contributed by atoms with E-state index in [0.29, 0.717) is 29.3 Å². The summed E-state index contributed by atoms with van der Waals surface area (Å²) in [6.07, 6.45) is 2.43. The van der Waals surface area contributed by atoms with Crippen molar-refractivity contribution in [1.29, 1.82) is 5.41 Å². The molecule has 1 unspecified atom stereocenters. The number of aryl methyl sites for hydroxylation is 1. The number of rotatable bonds is 10. The number of imidazole rings is 1. The number of aromatic nitrogens is 2. The Morgan fingerprint density at radius 1 is 1.11 bits per heavy atom. The minimum absolute atomic E-state index is 0.0198. The van der Waals surface area contributed by atoms with Crippen LogP contribution in [0.4, 0.5) is 10.1 Å². The third-order valence-corrected chi connectivity index (χ3v) is 5.92. The van der Waals surface area contributed by atoms with Crippen LogP contribution >= 0.6 is 0 Å². The smallest absolute Gasteiger partial charge is 0.170 e. The van der Waals surface area contributed by atoms with Gasteiger partial charge in [0.15, 0.2) is 11.6 Å². The summed E-state index contributed by atoms with van der Waals surface area (Å²) >= 11 is 0. The van der Waals surface area contributed by atoms with Gasteiger partial charge in [0.25, 0.3) is 0 Å². The number of hydrogen-bond acceptors (Lipinski definition) is 5. The first kappa shape index (κ1) is 24.8. The lowest BCUT2D eigenvalue weighted by molar-refractivity contribution is 0.319. The zero-order valence-corrected chi connectivity index (χ0v) is 20.6. The maximum atomic E-state index is 15.8. The molecule has 36 heavy (non-hydrogen) atoms. The van der Waals surface area contributed by atoms with E-state index in [1.807, 2.05) is 44.2 Å². The van der Waals surface area contributed by atoms with Gasteiger partial charge in [-0.1, -0.05) is 25.1 Å². The largest absolute Gasteiger partial charge is 0.496 e. The molecule has 0 aliphatic heterocycles. The van der Waals surface area contributed by atoms with Gasteiger partial charge in [0.1, 0.15) is 23.5 Å². The second-order valence-electron chi connectivity index (χ2n) is 8.23. The third kappa shape index (κ3) is 5.17. The van der Waals surface area contributed by atoms with E-state index in [9.17, 15) is 0 Å². The normalized spacial score (nSPS) is 11.7. The lowest BCUT2D eigenvalue weighted by Crippen LogP contribution is -2.17. The molecule has 0 aliphatic rings. The molecule has 186 valence electrons. The van der Waals surface area contributed by atoms with Crippen LogP contribution in [-0.2, 0) is 6.42 Å². The van der Waals surface area contributed by atoms with Gasteiger partial charge in [-0.25, -0.2) is 9.37 Å². The molecule has 0 fully saturated rings. The number of nitrogens with zero attached hydrogens (tertiary/aromatic N) is 1. The highest BCUT2D eigenvalue weighted by Gasteiger charge is 2.25. The van der Waals surface area contributed by atoms with Gasteiger partial charge in [-0.15, -0.1) is 0 Å². The molecule has 0 spiro atoms. The number of anilines is 1. The summed E-state index contributed by atoms with van der Waals surface area (Å²) in [7, 11) is 1.62. The Hall–Kier alpha value is -4.33. The zero-order valence-electron chi connectivity index (χ0n) is 20.6. The minimum atomic E-state index is -0.651. The van der Waals surface area contributed by atoms with Crippen LogP contribution in [0.25, 0.3) is 11.3 Å². The predicted molar refractivity (Wildman–Crippen MR) is 140 cm³/mol. The average molecular weight is 488 g/mol. The Balaban J connectivity index is 1.82. The van der Waals surface area contributed by atoms with Crippen molar-refractivity contribution in [2.24, 2.45) is 5.73 Å². The van der Waals surface area contributed by atoms with Crippen molar-refractivity contribution in [3.63, 3.8) is 0 Å². The number of hydrogen-bond donors (Lipinski definition) is 4. The molecule has 8 heteroatoms. The Kier molecular flexibility index (Phi) is 7.53. The molecule has 0 aliphatic carbocycles. The first-order chi connectivity index (χ1) is 17.4. The summed E-state index contributed by atoms with van der Waals surface area (Å²) in [6.45, 7) is 4.20.